The van der Waals surface area contributed by atoms with Gasteiger partial charge in [-0.2, -0.15) is 4.57 Å². The fourth-order valence-electron chi connectivity index (χ4n) is 3.92. The molecule has 0 unspecified atom stereocenters. The zero-order valence-electron chi connectivity index (χ0n) is 16.0. The van der Waals surface area contributed by atoms with Crippen molar-refractivity contribution in [3.05, 3.63) is 82.7 Å². The average Bonchev–Trinajstić information content (AvgIpc) is 2.63. The number of benzene rings is 2. The van der Waals surface area contributed by atoms with E-state index < -0.39 is 0 Å². The number of pyridine rings is 1. The molecule has 2 aromatic carbocycles. The second-order valence-corrected chi connectivity index (χ2v) is 7.04. The molecule has 0 radical (unpaired) electrons. The predicted octanol–water partition coefficient (Wildman–Crippen LogP) is 5.18. The summed E-state index contributed by atoms with van der Waals surface area (Å²) in [6, 6.07) is 17.6. The van der Waals surface area contributed by atoms with Gasteiger partial charge in [0.05, 0.1) is 0 Å². The van der Waals surface area contributed by atoms with E-state index in [1.807, 2.05) is 0 Å². The SMILES string of the molecule is CCN1/C(=C/c2ccc3cccc(C)c3[n+]2C)C=Cc2cc(C)ccc21. The van der Waals surface area contributed by atoms with Gasteiger partial charge in [0.2, 0.25) is 11.2 Å². The lowest BCUT2D eigenvalue weighted by molar-refractivity contribution is -0.647. The summed E-state index contributed by atoms with van der Waals surface area (Å²) in [5.74, 6) is 0. The molecular formula is C24H25N2+. The van der Waals surface area contributed by atoms with E-state index in [2.05, 4.69) is 104 Å². The number of nitrogens with zero attached hydrogens (tertiary/aromatic N) is 2. The molecule has 2 heteroatoms. The molecule has 1 aliphatic rings. The van der Waals surface area contributed by atoms with Crippen molar-refractivity contribution < 1.29 is 4.57 Å². The first-order valence-electron chi connectivity index (χ1n) is 9.25. The lowest BCUT2D eigenvalue weighted by Gasteiger charge is -2.29. The Kier molecular flexibility index (Phi) is 4.12. The van der Waals surface area contributed by atoms with Crippen molar-refractivity contribution in [3.8, 4) is 0 Å². The number of rotatable bonds is 2. The lowest BCUT2D eigenvalue weighted by atomic mass is 10.0. The quantitative estimate of drug-likeness (QED) is 0.583. The largest absolute Gasteiger partial charge is 0.341 e. The van der Waals surface area contributed by atoms with E-state index in [4.69, 9.17) is 0 Å². The highest BCUT2D eigenvalue weighted by Gasteiger charge is 2.18. The fourth-order valence-corrected chi connectivity index (χ4v) is 3.92. The molecule has 0 amide bonds. The second-order valence-electron chi connectivity index (χ2n) is 7.04. The van der Waals surface area contributed by atoms with Gasteiger partial charge in [-0.05, 0) is 56.7 Å². The molecule has 1 aromatic heterocycles. The van der Waals surface area contributed by atoms with Gasteiger partial charge in [-0.3, -0.25) is 0 Å². The number of hydrogen-bond acceptors (Lipinski definition) is 1. The summed E-state index contributed by atoms with van der Waals surface area (Å²) < 4.78 is 2.30. The van der Waals surface area contributed by atoms with Crippen LogP contribution in [0, 0.1) is 13.8 Å². The maximum atomic E-state index is 2.39. The van der Waals surface area contributed by atoms with Crippen LogP contribution in [-0.4, -0.2) is 6.54 Å². The third-order valence-corrected chi connectivity index (χ3v) is 5.26. The van der Waals surface area contributed by atoms with Gasteiger partial charge in [0, 0.05) is 41.0 Å². The summed E-state index contributed by atoms with van der Waals surface area (Å²) in [5, 5.41) is 1.28. The molecule has 0 spiro atoms. The average molecular weight is 341 g/mol. The third-order valence-electron chi connectivity index (χ3n) is 5.26. The lowest BCUT2D eigenvalue weighted by Crippen LogP contribution is -2.34. The van der Waals surface area contributed by atoms with Crippen LogP contribution in [0.2, 0.25) is 0 Å². The fraction of sp³-hybridized carbons (Fsp3) is 0.208. The zero-order chi connectivity index (χ0) is 18.3. The van der Waals surface area contributed by atoms with Crippen LogP contribution in [0.25, 0.3) is 23.1 Å². The van der Waals surface area contributed by atoms with Gasteiger partial charge in [-0.25, -0.2) is 0 Å². The molecule has 0 saturated carbocycles. The second kappa shape index (κ2) is 6.45. The first-order chi connectivity index (χ1) is 12.6. The van der Waals surface area contributed by atoms with Crippen molar-refractivity contribution in [2.24, 2.45) is 7.05 Å². The molecular weight excluding hydrogens is 316 g/mol. The highest BCUT2D eigenvalue weighted by Crippen LogP contribution is 2.32. The van der Waals surface area contributed by atoms with E-state index >= 15 is 0 Å². The molecule has 0 fully saturated rings. The summed E-state index contributed by atoms with van der Waals surface area (Å²) >= 11 is 0. The molecule has 2 nitrogen and oxygen atoms in total. The van der Waals surface area contributed by atoms with E-state index in [1.165, 1.54) is 44.7 Å². The number of anilines is 1. The molecule has 0 N–H and O–H groups in total. The van der Waals surface area contributed by atoms with Crippen LogP contribution in [0.15, 0.2) is 60.3 Å². The summed E-state index contributed by atoms with van der Waals surface area (Å²) in [6.45, 7) is 7.48. The third kappa shape index (κ3) is 2.72. The maximum Gasteiger partial charge on any atom is 0.215 e. The number of aryl methyl sites for hydroxylation is 3. The van der Waals surface area contributed by atoms with Gasteiger partial charge in [0.1, 0.15) is 7.05 Å². The van der Waals surface area contributed by atoms with Crippen molar-refractivity contribution in [2.45, 2.75) is 20.8 Å². The van der Waals surface area contributed by atoms with Crippen molar-refractivity contribution >= 4 is 28.7 Å². The van der Waals surface area contributed by atoms with E-state index in [9.17, 15) is 0 Å². The van der Waals surface area contributed by atoms with E-state index in [0.29, 0.717) is 0 Å². The zero-order valence-corrected chi connectivity index (χ0v) is 16.0. The minimum atomic E-state index is 0.947. The molecule has 1 aliphatic heterocycles. The summed E-state index contributed by atoms with van der Waals surface area (Å²) in [6.07, 6.45) is 6.74. The molecule has 0 atom stereocenters. The van der Waals surface area contributed by atoms with Gasteiger partial charge in [-0.15, -0.1) is 0 Å². The van der Waals surface area contributed by atoms with Crippen LogP contribution < -0.4 is 9.47 Å². The first kappa shape index (κ1) is 16.6. The maximum absolute atomic E-state index is 2.39. The smallest absolute Gasteiger partial charge is 0.215 e. The predicted molar refractivity (Wildman–Crippen MR) is 111 cm³/mol. The van der Waals surface area contributed by atoms with Gasteiger partial charge in [0.15, 0.2) is 0 Å². The van der Waals surface area contributed by atoms with Crippen LogP contribution in [0.4, 0.5) is 5.69 Å². The van der Waals surface area contributed by atoms with Crippen molar-refractivity contribution in [1.82, 2.24) is 0 Å². The minimum Gasteiger partial charge on any atom is -0.341 e. The van der Waals surface area contributed by atoms with Crippen LogP contribution >= 0.6 is 0 Å². The van der Waals surface area contributed by atoms with Gasteiger partial charge in [0.25, 0.3) is 0 Å². The van der Waals surface area contributed by atoms with Gasteiger partial charge >= 0.3 is 0 Å². The topological polar surface area (TPSA) is 7.12 Å². The van der Waals surface area contributed by atoms with Gasteiger partial charge in [-0.1, -0.05) is 29.8 Å². The van der Waals surface area contributed by atoms with Crippen molar-refractivity contribution in [1.29, 1.82) is 0 Å². The standard InChI is InChI=1S/C24H25N2/c1-5-26-22(13-11-20-15-17(2)9-14-23(20)26)16-21-12-10-19-8-6-7-18(3)24(19)25(21)4/h6-16H,5H2,1-4H3/q+1. The summed E-state index contributed by atoms with van der Waals surface area (Å²) in [5.41, 5.74) is 8.91. The van der Waals surface area contributed by atoms with Crippen molar-refractivity contribution in [3.63, 3.8) is 0 Å². The Morgan fingerprint density at radius 3 is 2.65 bits per heavy atom. The Hall–Kier alpha value is -2.87. The number of aromatic nitrogens is 1. The monoisotopic (exact) mass is 341 g/mol. The molecule has 0 aliphatic carbocycles. The van der Waals surface area contributed by atoms with Crippen LogP contribution in [-0.2, 0) is 7.05 Å². The molecule has 26 heavy (non-hydrogen) atoms. The molecule has 2 heterocycles. The number of fused-ring (bicyclic) bond motifs is 2. The number of para-hydroxylation sites is 1. The van der Waals surface area contributed by atoms with Crippen LogP contribution in [0.1, 0.15) is 29.3 Å². The Labute approximate surface area is 155 Å². The molecule has 0 bridgehead atoms. The molecule has 0 saturated heterocycles. The van der Waals surface area contributed by atoms with Gasteiger partial charge < -0.3 is 4.90 Å². The molecule has 3 aromatic rings. The van der Waals surface area contributed by atoms with Crippen LogP contribution in [0.3, 0.4) is 0 Å². The van der Waals surface area contributed by atoms with Crippen molar-refractivity contribution in [2.75, 3.05) is 11.4 Å². The number of likely N-dealkylation sites (N-methyl/N-ethyl adjacent to an activating group) is 1. The Morgan fingerprint density at radius 2 is 1.85 bits per heavy atom. The minimum absolute atomic E-state index is 0.947. The normalized spacial score (nSPS) is 14.9. The summed E-state index contributed by atoms with van der Waals surface area (Å²) in [4.78, 5) is 2.39. The van der Waals surface area contributed by atoms with E-state index in [-0.39, 0.29) is 0 Å². The highest BCUT2D eigenvalue weighted by atomic mass is 15.1. The molecule has 130 valence electrons. The first-order valence-corrected chi connectivity index (χ1v) is 9.25. The number of hydrogen-bond donors (Lipinski definition) is 0. The Balaban J connectivity index is 1.84. The summed E-state index contributed by atoms with van der Waals surface area (Å²) in [7, 11) is 2.15. The molecule has 4 rings (SSSR count). The Morgan fingerprint density at radius 1 is 1.00 bits per heavy atom. The van der Waals surface area contributed by atoms with E-state index in [0.717, 1.165) is 6.54 Å². The number of allylic oxidation sites excluding steroid dienone is 1. The Bertz CT molecular complexity index is 1060. The van der Waals surface area contributed by atoms with Crippen LogP contribution in [0.5, 0.6) is 0 Å². The van der Waals surface area contributed by atoms with E-state index in [1.54, 1.807) is 0 Å². The highest BCUT2D eigenvalue weighted by molar-refractivity contribution is 5.82.